The van der Waals surface area contributed by atoms with E-state index in [1.165, 1.54) is 0 Å². The fourth-order valence-electron chi connectivity index (χ4n) is 3.95. The van der Waals surface area contributed by atoms with Crippen molar-refractivity contribution in [2.45, 2.75) is 52.1 Å². The monoisotopic (exact) mass is 366 g/mol. The number of carbonyl (C=O) groups is 1. The van der Waals surface area contributed by atoms with E-state index in [1.54, 1.807) is 0 Å². The Morgan fingerprint density at radius 3 is 2.68 bits per heavy atom. The van der Waals surface area contributed by atoms with E-state index in [2.05, 4.69) is 4.98 Å². The minimum atomic E-state index is -0.240. The van der Waals surface area contributed by atoms with Gasteiger partial charge in [0.05, 0.1) is 23.2 Å². The van der Waals surface area contributed by atoms with Crippen molar-refractivity contribution in [1.82, 2.24) is 9.88 Å². The maximum absolute atomic E-state index is 12.3. The van der Waals surface area contributed by atoms with Crippen LogP contribution in [0.15, 0.2) is 12.1 Å². The van der Waals surface area contributed by atoms with Gasteiger partial charge in [0, 0.05) is 24.6 Å². The van der Waals surface area contributed by atoms with Crippen LogP contribution in [-0.2, 0) is 4.79 Å². The van der Waals surface area contributed by atoms with Crippen LogP contribution in [0.5, 0.6) is 5.88 Å². The number of likely N-dealkylation sites (tertiary alicyclic amines) is 1. The summed E-state index contributed by atoms with van der Waals surface area (Å²) in [5, 5.41) is 9.96. The Kier molecular flexibility index (Phi) is 5.54. The summed E-state index contributed by atoms with van der Waals surface area (Å²) in [6, 6.07) is 3.65. The fraction of sp³-hybridized carbons (Fsp3) is 0.684. The van der Waals surface area contributed by atoms with Crippen molar-refractivity contribution in [1.29, 1.82) is 0 Å². The van der Waals surface area contributed by atoms with Gasteiger partial charge in [-0.25, -0.2) is 4.98 Å². The van der Waals surface area contributed by atoms with E-state index < -0.39 is 0 Å². The molecule has 5 nitrogen and oxygen atoms in total. The van der Waals surface area contributed by atoms with Gasteiger partial charge >= 0.3 is 0 Å². The zero-order valence-corrected chi connectivity index (χ0v) is 15.8. The summed E-state index contributed by atoms with van der Waals surface area (Å²) in [4.78, 5) is 18.6. The molecule has 1 aromatic rings. The molecule has 0 aromatic carbocycles. The smallest absolute Gasteiger partial charge is 0.228 e. The van der Waals surface area contributed by atoms with Gasteiger partial charge in [-0.15, -0.1) is 0 Å². The number of hydrogen-bond acceptors (Lipinski definition) is 4. The second-order valence-electron chi connectivity index (χ2n) is 7.52. The number of hydrogen-bond donors (Lipinski definition) is 1. The van der Waals surface area contributed by atoms with E-state index in [1.807, 2.05) is 30.9 Å². The van der Waals surface area contributed by atoms with Crippen molar-refractivity contribution in [3.05, 3.63) is 22.8 Å². The van der Waals surface area contributed by atoms with E-state index in [9.17, 15) is 9.90 Å². The highest BCUT2D eigenvalue weighted by Crippen LogP contribution is 2.45. The van der Waals surface area contributed by atoms with Gasteiger partial charge in [-0.05, 0) is 45.1 Å². The maximum Gasteiger partial charge on any atom is 0.228 e. The Balaban J connectivity index is 1.48. The number of aromatic nitrogens is 1. The number of amides is 1. The lowest BCUT2D eigenvalue weighted by Gasteiger charge is -2.54. The van der Waals surface area contributed by atoms with Crippen LogP contribution in [0.3, 0.4) is 0 Å². The summed E-state index contributed by atoms with van der Waals surface area (Å²) in [7, 11) is 0. The van der Waals surface area contributed by atoms with Crippen LogP contribution in [0.25, 0.3) is 0 Å². The molecule has 138 valence electrons. The topological polar surface area (TPSA) is 62.7 Å². The molecule has 1 aliphatic carbocycles. The molecular weight excluding hydrogens is 340 g/mol. The lowest BCUT2D eigenvalue weighted by Crippen LogP contribution is -2.61. The largest absolute Gasteiger partial charge is 0.474 e. The number of aryl methyl sites for hydroxylation is 1. The predicted molar refractivity (Wildman–Crippen MR) is 96.7 cm³/mol. The number of aliphatic hydroxyl groups is 1. The first-order chi connectivity index (χ1) is 12.0. The number of carbonyl (C=O) groups excluding carboxylic acids is 1. The second-order valence-corrected chi connectivity index (χ2v) is 7.92. The van der Waals surface area contributed by atoms with Crippen LogP contribution in [-0.4, -0.2) is 46.7 Å². The van der Waals surface area contributed by atoms with Crippen LogP contribution in [0, 0.1) is 18.3 Å². The molecule has 2 fully saturated rings. The third-order valence-corrected chi connectivity index (χ3v) is 6.10. The standard InChI is InChI=1S/C19H27ClN2O3/c1-3-14(10-23)18(24)22-11-19(12-22)8-6-15(7-9-19)25-17-5-4-16(20)13(2)21-17/h4-5,14-15,23H,3,6-12H2,1-2H3/t14-/m1/s1. The van der Waals surface area contributed by atoms with Crippen LogP contribution in [0.2, 0.25) is 5.02 Å². The van der Waals surface area contributed by atoms with Gasteiger partial charge in [-0.2, -0.15) is 0 Å². The maximum atomic E-state index is 12.3. The summed E-state index contributed by atoms with van der Waals surface area (Å²) < 4.78 is 6.02. The van der Waals surface area contributed by atoms with Gasteiger partial charge in [0.25, 0.3) is 0 Å². The molecule has 1 saturated carbocycles. The Labute approximate surface area is 154 Å². The number of nitrogens with zero attached hydrogens (tertiary/aromatic N) is 2. The molecular formula is C19H27ClN2O3. The van der Waals surface area contributed by atoms with E-state index in [0.29, 0.717) is 17.3 Å². The SMILES string of the molecule is CC[C@H](CO)C(=O)N1CC2(CCC(Oc3ccc(Cl)c(C)n3)CC2)C1. The molecule has 3 rings (SSSR count). The number of aliphatic hydroxyl groups excluding tert-OH is 1. The minimum Gasteiger partial charge on any atom is -0.474 e. The summed E-state index contributed by atoms with van der Waals surface area (Å²) in [6.45, 7) is 5.42. The molecule has 1 aliphatic heterocycles. The molecule has 1 atom stereocenters. The minimum absolute atomic E-state index is 0.0533. The van der Waals surface area contributed by atoms with E-state index in [4.69, 9.17) is 16.3 Å². The summed E-state index contributed by atoms with van der Waals surface area (Å²) in [6.07, 6.45) is 5.01. The quantitative estimate of drug-likeness (QED) is 0.869. The highest BCUT2D eigenvalue weighted by molar-refractivity contribution is 6.31. The molecule has 2 heterocycles. The van der Waals surface area contributed by atoms with Gasteiger partial charge in [0.15, 0.2) is 0 Å². The first kappa shape index (κ1) is 18.5. The molecule has 0 bridgehead atoms. The predicted octanol–water partition coefficient (Wildman–Crippen LogP) is 3.21. The van der Waals surface area contributed by atoms with Crippen LogP contribution in [0.4, 0.5) is 0 Å². The Hall–Kier alpha value is -1.33. The number of ether oxygens (including phenoxy) is 1. The summed E-state index contributed by atoms with van der Waals surface area (Å²) in [5.74, 6) is 0.507. The van der Waals surface area contributed by atoms with Crippen molar-refractivity contribution in [2.75, 3.05) is 19.7 Å². The van der Waals surface area contributed by atoms with Crippen LogP contribution < -0.4 is 4.74 Å². The van der Waals surface area contributed by atoms with E-state index in [-0.39, 0.29) is 30.0 Å². The Morgan fingerprint density at radius 2 is 2.12 bits per heavy atom. The molecule has 0 radical (unpaired) electrons. The molecule has 6 heteroatoms. The Morgan fingerprint density at radius 1 is 1.44 bits per heavy atom. The molecule has 0 unspecified atom stereocenters. The first-order valence-electron chi connectivity index (χ1n) is 9.16. The lowest BCUT2D eigenvalue weighted by molar-refractivity contribution is -0.152. The zero-order valence-electron chi connectivity index (χ0n) is 15.0. The molecule has 2 aliphatic rings. The average molecular weight is 367 g/mol. The molecule has 25 heavy (non-hydrogen) atoms. The van der Waals surface area contributed by atoms with E-state index in [0.717, 1.165) is 44.5 Å². The summed E-state index contributed by atoms with van der Waals surface area (Å²) in [5.41, 5.74) is 1.04. The van der Waals surface area contributed by atoms with E-state index >= 15 is 0 Å². The first-order valence-corrected chi connectivity index (χ1v) is 9.53. The van der Waals surface area contributed by atoms with Gasteiger partial charge in [-0.3, -0.25) is 4.79 Å². The van der Waals surface area contributed by atoms with Crippen molar-refractivity contribution in [3.8, 4) is 5.88 Å². The third kappa shape index (κ3) is 3.93. The molecule has 1 saturated heterocycles. The van der Waals surface area contributed by atoms with Gasteiger partial charge in [0.2, 0.25) is 11.8 Å². The normalized spacial score (nSPS) is 21.0. The zero-order chi connectivity index (χ0) is 18.0. The summed E-state index contributed by atoms with van der Waals surface area (Å²) >= 11 is 6.00. The fourth-order valence-corrected chi connectivity index (χ4v) is 4.06. The lowest BCUT2D eigenvalue weighted by atomic mass is 9.67. The van der Waals surface area contributed by atoms with Gasteiger partial charge < -0.3 is 14.7 Å². The van der Waals surface area contributed by atoms with Crippen molar-refractivity contribution >= 4 is 17.5 Å². The second kappa shape index (κ2) is 7.50. The highest BCUT2D eigenvalue weighted by Gasteiger charge is 2.48. The molecule has 1 aromatic heterocycles. The Bertz CT molecular complexity index is 617. The number of pyridine rings is 1. The number of rotatable bonds is 5. The van der Waals surface area contributed by atoms with Crippen LogP contribution in [0.1, 0.15) is 44.7 Å². The van der Waals surface area contributed by atoms with Gasteiger partial charge in [-0.1, -0.05) is 18.5 Å². The van der Waals surface area contributed by atoms with Gasteiger partial charge in [0.1, 0.15) is 6.10 Å². The number of halogens is 1. The third-order valence-electron chi connectivity index (χ3n) is 5.70. The van der Waals surface area contributed by atoms with Crippen molar-refractivity contribution in [2.24, 2.45) is 11.3 Å². The highest BCUT2D eigenvalue weighted by atomic mass is 35.5. The average Bonchev–Trinajstić information content (AvgIpc) is 2.58. The molecule has 1 spiro atoms. The molecule has 1 N–H and O–H groups in total. The molecule has 1 amide bonds. The van der Waals surface area contributed by atoms with Crippen LogP contribution >= 0.6 is 11.6 Å². The van der Waals surface area contributed by atoms with Crippen molar-refractivity contribution in [3.63, 3.8) is 0 Å². The van der Waals surface area contributed by atoms with Crippen molar-refractivity contribution < 1.29 is 14.6 Å².